The van der Waals surface area contributed by atoms with E-state index in [1.807, 2.05) is 0 Å². The molecule has 5 heteroatoms. The molecule has 0 rings (SSSR count). The van der Waals surface area contributed by atoms with Gasteiger partial charge in [0, 0.05) is 20.6 Å². The zero-order chi connectivity index (χ0) is 9.82. The summed E-state index contributed by atoms with van der Waals surface area (Å²) in [5.74, 6) is -0.745. The number of hydrogen-bond acceptors (Lipinski definition) is 4. The van der Waals surface area contributed by atoms with Crippen LogP contribution in [0.5, 0.6) is 0 Å². The van der Waals surface area contributed by atoms with Crippen LogP contribution in [-0.2, 0) is 19.0 Å². The molecule has 0 aliphatic rings. The van der Waals surface area contributed by atoms with Gasteiger partial charge in [-0.1, -0.05) is 6.92 Å². The van der Waals surface area contributed by atoms with Crippen LogP contribution in [0.4, 0.5) is 0 Å². The molecule has 0 aliphatic carbocycles. The standard InChI is InChI=1S/C4H10O3.C3H6O2/c1-5-3-7-4-6-2;1-2-3(4)5/h3-4H2,1-2H3;2H2,1H3,(H,4,5). The van der Waals surface area contributed by atoms with Crippen LogP contribution in [0.3, 0.4) is 0 Å². The Morgan fingerprint density at radius 1 is 1.25 bits per heavy atom. The topological polar surface area (TPSA) is 65.0 Å². The molecule has 74 valence electrons. The zero-order valence-corrected chi connectivity index (χ0v) is 7.70. The summed E-state index contributed by atoms with van der Waals surface area (Å²) in [5, 5.41) is 7.72. The molecule has 0 unspecified atom stereocenters. The Morgan fingerprint density at radius 2 is 1.58 bits per heavy atom. The van der Waals surface area contributed by atoms with E-state index in [-0.39, 0.29) is 6.42 Å². The van der Waals surface area contributed by atoms with Crippen molar-refractivity contribution < 1.29 is 24.1 Å². The summed E-state index contributed by atoms with van der Waals surface area (Å²) >= 11 is 0. The number of hydrogen-bond donors (Lipinski definition) is 1. The zero-order valence-electron chi connectivity index (χ0n) is 7.70. The molecule has 0 aromatic heterocycles. The number of carboxylic acids is 1. The van der Waals surface area contributed by atoms with Crippen LogP contribution >= 0.6 is 0 Å². The Labute approximate surface area is 72.2 Å². The molecule has 0 aromatic rings. The highest BCUT2D eigenvalue weighted by molar-refractivity contribution is 5.66. The van der Waals surface area contributed by atoms with Crippen LogP contribution in [0, 0.1) is 0 Å². The second-order valence-electron chi connectivity index (χ2n) is 1.76. The minimum Gasteiger partial charge on any atom is -0.481 e. The maximum absolute atomic E-state index is 9.37. The van der Waals surface area contributed by atoms with Crippen LogP contribution in [0.25, 0.3) is 0 Å². The monoisotopic (exact) mass is 180 g/mol. The maximum Gasteiger partial charge on any atom is 0.303 e. The number of aliphatic carboxylic acids is 1. The molecule has 0 bridgehead atoms. The molecule has 0 fully saturated rings. The van der Waals surface area contributed by atoms with Gasteiger partial charge in [-0.3, -0.25) is 4.79 Å². The van der Waals surface area contributed by atoms with Gasteiger partial charge in [-0.25, -0.2) is 0 Å². The first kappa shape index (κ1) is 13.9. The first-order valence-corrected chi connectivity index (χ1v) is 3.46. The van der Waals surface area contributed by atoms with Crippen LogP contribution in [-0.4, -0.2) is 38.9 Å². The van der Waals surface area contributed by atoms with Gasteiger partial charge < -0.3 is 19.3 Å². The average Bonchev–Trinajstić information content (AvgIpc) is 2.07. The first-order chi connectivity index (χ1) is 5.68. The van der Waals surface area contributed by atoms with Crippen LogP contribution in [0.2, 0.25) is 0 Å². The normalized spacial score (nSPS) is 8.58. The van der Waals surface area contributed by atoms with Crippen molar-refractivity contribution in [3.63, 3.8) is 0 Å². The van der Waals surface area contributed by atoms with E-state index in [1.54, 1.807) is 21.1 Å². The Bertz CT molecular complexity index is 89.8. The molecule has 0 spiro atoms. The lowest BCUT2D eigenvalue weighted by atomic mass is 10.5. The van der Waals surface area contributed by atoms with Crippen molar-refractivity contribution in [3.8, 4) is 0 Å². The van der Waals surface area contributed by atoms with E-state index < -0.39 is 5.97 Å². The molecular formula is C7H16O5. The number of carboxylic acid groups (broad SMARTS) is 1. The Balaban J connectivity index is 0. The fraction of sp³-hybridized carbons (Fsp3) is 0.857. The molecule has 0 saturated heterocycles. The third kappa shape index (κ3) is 22.8. The van der Waals surface area contributed by atoms with E-state index in [0.717, 1.165) is 0 Å². The molecule has 12 heavy (non-hydrogen) atoms. The van der Waals surface area contributed by atoms with E-state index in [4.69, 9.17) is 5.11 Å². The predicted molar refractivity (Wildman–Crippen MR) is 42.8 cm³/mol. The van der Waals surface area contributed by atoms with E-state index in [1.165, 1.54) is 0 Å². The minimum absolute atomic E-state index is 0.222. The minimum atomic E-state index is -0.745. The molecule has 0 aliphatic heterocycles. The molecule has 0 saturated carbocycles. The molecule has 0 radical (unpaired) electrons. The smallest absolute Gasteiger partial charge is 0.303 e. The molecule has 0 heterocycles. The Hall–Kier alpha value is -0.650. The highest BCUT2D eigenvalue weighted by Gasteiger charge is 1.80. The predicted octanol–water partition coefficient (Wildman–Crippen LogP) is 0.692. The molecule has 1 N–H and O–H groups in total. The summed E-state index contributed by atoms with van der Waals surface area (Å²) in [4.78, 5) is 9.37. The lowest BCUT2D eigenvalue weighted by Crippen LogP contribution is -1.98. The molecular weight excluding hydrogens is 164 g/mol. The van der Waals surface area contributed by atoms with Crippen molar-refractivity contribution in [2.45, 2.75) is 13.3 Å². The second-order valence-corrected chi connectivity index (χ2v) is 1.76. The average molecular weight is 180 g/mol. The van der Waals surface area contributed by atoms with Crippen LogP contribution in [0.1, 0.15) is 13.3 Å². The van der Waals surface area contributed by atoms with Crippen molar-refractivity contribution in [2.75, 3.05) is 27.8 Å². The van der Waals surface area contributed by atoms with E-state index >= 15 is 0 Å². The molecule has 0 amide bonds. The fourth-order valence-corrected chi connectivity index (χ4v) is 0.201. The van der Waals surface area contributed by atoms with Gasteiger partial charge >= 0.3 is 5.97 Å². The quantitative estimate of drug-likeness (QED) is 0.498. The third-order valence-corrected chi connectivity index (χ3v) is 0.705. The van der Waals surface area contributed by atoms with Gasteiger partial charge in [-0.05, 0) is 0 Å². The van der Waals surface area contributed by atoms with Crippen molar-refractivity contribution >= 4 is 5.97 Å². The van der Waals surface area contributed by atoms with Crippen molar-refractivity contribution in [3.05, 3.63) is 0 Å². The van der Waals surface area contributed by atoms with Crippen molar-refractivity contribution in [2.24, 2.45) is 0 Å². The van der Waals surface area contributed by atoms with Crippen LogP contribution < -0.4 is 0 Å². The van der Waals surface area contributed by atoms with Gasteiger partial charge in [0.2, 0.25) is 0 Å². The first-order valence-electron chi connectivity index (χ1n) is 3.46. The van der Waals surface area contributed by atoms with Gasteiger partial charge in [0.15, 0.2) is 0 Å². The van der Waals surface area contributed by atoms with E-state index in [0.29, 0.717) is 13.6 Å². The number of methoxy groups -OCH3 is 2. The summed E-state index contributed by atoms with van der Waals surface area (Å²) in [6.07, 6.45) is 0.222. The summed E-state index contributed by atoms with van der Waals surface area (Å²) in [6, 6.07) is 0. The van der Waals surface area contributed by atoms with Crippen molar-refractivity contribution in [1.29, 1.82) is 0 Å². The largest absolute Gasteiger partial charge is 0.481 e. The number of rotatable bonds is 5. The van der Waals surface area contributed by atoms with E-state index in [2.05, 4.69) is 14.2 Å². The number of carbonyl (C=O) groups is 1. The summed E-state index contributed by atoms with van der Waals surface area (Å²) in [5.41, 5.74) is 0. The van der Waals surface area contributed by atoms with Crippen molar-refractivity contribution in [1.82, 2.24) is 0 Å². The fourth-order valence-electron chi connectivity index (χ4n) is 0.201. The molecule has 0 aromatic carbocycles. The van der Waals surface area contributed by atoms with E-state index in [9.17, 15) is 4.79 Å². The second kappa shape index (κ2) is 13.0. The van der Waals surface area contributed by atoms with Gasteiger partial charge in [-0.2, -0.15) is 0 Å². The van der Waals surface area contributed by atoms with Crippen LogP contribution in [0.15, 0.2) is 0 Å². The molecule has 0 atom stereocenters. The lowest BCUT2D eigenvalue weighted by Gasteiger charge is -1.97. The number of ether oxygens (including phenoxy) is 3. The molecule has 5 nitrogen and oxygen atoms in total. The highest BCUT2D eigenvalue weighted by Crippen LogP contribution is 1.72. The SMILES string of the molecule is CCC(=O)O.COCOCOC. The van der Waals surface area contributed by atoms with Gasteiger partial charge in [-0.15, -0.1) is 0 Å². The summed E-state index contributed by atoms with van der Waals surface area (Å²) in [6.45, 7) is 2.20. The van der Waals surface area contributed by atoms with Gasteiger partial charge in [0.05, 0.1) is 0 Å². The summed E-state index contributed by atoms with van der Waals surface area (Å²) < 4.78 is 13.8. The Kier molecular flexibility index (Phi) is 15.0. The third-order valence-electron chi connectivity index (χ3n) is 0.705. The highest BCUT2D eigenvalue weighted by atomic mass is 16.7. The lowest BCUT2D eigenvalue weighted by molar-refractivity contribution is -0.136. The maximum atomic E-state index is 9.37. The van der Waals surface area contributed by atoms with Gasteiger partial charge in [0.1, 0.15) is 13.6 Å². The Morgan fingerprint density at radius 3 is 1.75 bits per heavy atom. The summed E-state index contributed by atoms with van der Waals surface area (Å²) in [7, 11) is 3.13. The van der Waals surface area contributed by atoms with Gasteiger partial charge in [0.25, 0.3) is 0 Å².